The van der Waals surface area contributed by atoms with Crippen molar-refractivity contribution in [1.82, 2.24) is 29.9 Å². The monoisotopic (exact) mass is 461 g/mol. The lowest BCUT2D eigenvalue weighted by molar-refractivity contribution is 0.101. The van der Waals surface area contributed by atoms with Crippen molar-refractivity contribution in [2.45, 2.75) is 38.3 Å². The molecule has 0 unspecified atom stereocenters. The van der Waals surface area contributed by atoms with E-state index in [0.717, 1.165) is 41.5 Å². The molecule has 9 heteroatoms. The van der Waals surface area contributed by atoms with E-state index in [-0.39, 0.29) is 24.2 Å². The van der Waals surface area contributed by atoms with Crippen LogP contribution >= 0.6 is 12.4 Å². The van der Waals surface area contributed by atoms with Crippen LogP contribution in [-0.4, -0.2) is 43.4 Å². The number of ketones is 1. The summed E-state index contributed by atoms with van der Waals surface area (Å²) in [7, 11) is 0. The molecule has 0 amide bonds. The molecule has 6 rings (SSSR count). The Labute approximate surface area is 196 Å². The van der Waals surface area contributed by atoms with Gasteiger partial charge in [0.05, 0.1) is 34.1 Å². The van der Waals surface area contributed by atoms with E-state index in [1.165, 1.54) is 19.8 Å². The third-order valence-electron chi connectivity index (χ3n) is 6.29. The highest BCUT2D eigenvalue weighted by molar-refractivity contribution is 6.09. The van der Waals surface area contributed by atoms with Crippen LogP contribution in [0.1, 0.15) is 59.9 Å². The average molecular weight is 462 g/mol. The molecule has 1 aliphatic carbocycles. The minimum absolute atomic E-state index is 0. The second-order valence-electron chi connectivity index (χ2n) is 8.64. The average Bonchev–Trinajstić information content (AvgIpc) is 3.18. The molecule has 1 aliphatic heterocycles. The normalized spacial score (nSPS) is 17.7. The maximum atomic E-state index is 12.3. The summed E-state index contributed by atoms with van der Waals surface area (Å²) in [5.74, 6) is 6.69. The minimum Gasteiger partial charge on any atom is -0.383 e. The Morgan fingerprint density at radius 2 is 2.03 bits per heavy atom. The number of Topliss-reactive ketones (excluding diaryl/α,β-unsaturated/α-hetero) is 1. The molecule has 2 aliphatic rings. The number of hydrogen-bond acceptors (Lipinski definition) is 6. The first-order chi connectivity index (χ1) is 15.6. The number of halogens is 1. The maximum absolute atomic E-state index is 12.3. The van der Waals surface area contributed by atoms with Crippen LogP contribution in [0.15, 0.2) is 30.6 Å². The second kappa shape index (κ2) is 8.18. The first kappa shape index (κ1) is 21.4. The van der Waals surface area contributed by atoms with Crippen LogP contribution in [-0.2, 0) is 0 Å². The van der Waals surface area contributed by atoms with Gasteiger partial charge < -0.3 is 11.1 Å². The number of nitrogens with two attached hydrogens (primary N) is 1. The molecule has 168 valence electrons. The van der Waals surface area contributed by atoms with E-state index in [2.05, 4.69) is 39.1 Å². The quantitative estimate of drug-likeness (QED) is 0.358. The van der Waals surface area contributed by atoms with Crippen LogP contribution in [0.25, 0.3) is 21.8 Å². The summed E-state index contributed by atoms with van der Waals surface area (Å²) in [5, 5.41) is 14.6. The highest BCUT2D eigenvalue weighted by atomic mass is 35.5. The number of fused-ring (bicyclic) bond motifs is 2. The summed E-state index contributed by atoms with van der Waals surface area (Å²) in [6.45, 7) is 3.25. The van der Waals surface area contributed by atoms with Gasteiger partial charge in [0.1, 0.15) is 11.5 Å². The van der Waals surface area contributed by atoms with Crippen molar-refractivity contribution in [1.29, 1.82) is 0 Å². The van der Waals surface area contributed by atoms with E-state index in [4.69, 9.17) is 15.9 Å². The molecule has 1 saturated carbocycles. The highest BCUT2D eigenvalue weighted by Crippen LogP contribution is 2.35. The van der Waals surface area contributed by atoms with Gasteiger partial charge in [0.2, 0.25) is 0 Å². The number of nitrogens with one attached hydrogen (secondary N) is 1. The van der Waals surface area contributed by atoms with Gasteiger partial charge in [-0.1, -0.05) is 5.92 Å². The van der Waals surface area contributed by atoms with Crippen molar-refractivity contribution in [2.75, 3.05) is 18.8 Å². The summed E-state index contributed by atoms with van der Waals surface area (Å²) in [4.78, 5) is 16.6. The van der Waals surface area contributed by atoms with E-state index < -0.39 is 0 Å². The van der Waals surface area contributed by atoms with Crippen LogP contribution < -0.4 is 11.1 Å². The molecule has 4 heterocycles. The topological polar surface area (TPSA) is 104 Å². The smallest absolute Gasteiger partial charge is 0.163 e. The van der Waals surface area contributed by atoms with Crippen LogP contribution in [0.3, 0.4) is 0 Å². The molecule has 2 fully saturated rings. The summed E-state index contributed by atoms with van der Waals surface area (Å²) in [6, 6.07) is 6.75. The van der Waals surface area contributed by atoms with Gasteiger partial charge in [-0.3, -0.25) is 14.2 Å². The number of benzene rings is 1. The molecule has 0 radical (unpaired) electrons. The molecule has 0 spiro atoms. The number of anilines is 1. The molecule has 1 atom stereocenters. The maximum Gasteiger partial charge on any atom is 0.163 e. The lowest BCUT2D eigenvalue weighted by atomic mass is 10.1. The number of nitrogens with zero attached hydrogens (tertiary/aromatic N) is 5. The van der Waals surface area contributed by atoms with Gasteiger partial charge in [0.15, 0.2) is 5.78 Å². The van der Waals surface area contributed by atoms with Gasteiger partial charge in [-0.05, 0) is 56.9 Å². The molecule has 3 N–H and O–H groups in total. The number of carbonyl (C=O) groups is 1. The summed E-state index contributed by atoms with van der Waals surface area (Å²) in [5.41, 5.74) is 9.84. The van der Waals surface area contributed by atoms with Crippen molar-refractivity contribution in [3.05, 3.63) is 47.4 Å². The van der Waals surface area contributed by atoms with Gasteiger partial charge in [-0.15, -0.1) is 12.4 Å². The number of pyridine rings is 1. The van der Waals surface area contributed by atoms with Gasteiger partial charge in [0, 0.05) is 29.9 Å². The number of hydrogen-bond donors (Lipinski definition) is 2. The van der Waals surface area contributed by atoms with E-state index in [9.17, 15) is 4.79 Å². The van der Waals surface area contributed by atoms with Crippen LogP contribution in [0.4, 0.5) is 5.82 Å². The van der Waals surface area contributed by atoms with Crippen LogP contribution in [0.5, 0.6) is 0 Å². The van der Waals surface area contributed by atoms with E-state index in [1.807, 2.05) is 16.8 Å². The Bertz CT molecular complexity index is 1450. The fourth-order valence-electron chi connectivity index (χ4n) is 4.42. The van der Waals surface area contributed by atoms with E-state index >= 15 is 0 Å². The van der Waals surface area contributed by atoms with Crippen molar-refractivity contribution < 1.29 is 4.79 Å². The summed E-state index contributed by atoms with van der Waals surface area (Å²) < 4.78 is 3.97. The van der Waals surface area contributed by atoms with Gasteiger partial charge in [-0.25, -0.2) is 4.98 Å². The molecule has 8 nitrogen and oxygen atoms in total. The molecule has 4 aromatic rings. The van der Waals surface area contributed by atoms with E-state index in [0.29, 0.717) is 28.5 Å². The molecule has 1 aromatic carbocycles. The van der Waals surface area contributed by atoms with Gasteiger partial charge >= 0.3 is 0 Å². The fraction of sp³-hybridized carbons (Fsp3) is 0.333. The largest absolute Gasteiger partial charge is 0.383 e. The van der Waals surface area contributed by atoms with Gasteiger partial charge in [0.25, 0.3) is 0 Å². The zero-order valence-electron chi connectivity index (χ0n) is 18.2. The third kappa shape index (κ3) is 3.73. The molecular weight excluding hydrogens is 438 g/mol. The van der Waals surface area contributed by atoms with Crippen molar-refractivity contribution >= 4 is 45.8 Å². The van der Waals surface area contributed by atoms with Crippen LogP contribution in [0, 0.1) is 11.8 Å². The Morgan fingerprint density at radius 1 is 1.18 bits per heavy atom. The van der Waals surface area contributed by atoms with Gasteiger partial charge in [-0.2, -0.15) is 10.2 Å². The van der Waals surface area contributed by atoms with Crippen molar-refractivity contribution in [2.24, 2.45) is 0 Å². The first-order valence-electron chi connectivity index (χ1n) is 11.0. The predicted octanol–water partition coefficient (Wildman–Crippen LogP) is 3.26. The number of rotatable bonds is 3. The molecule has 33 heavy (non-hydrogen) atoms. The zero-order chi connectivity index (χ0) is 21.8. The molecular formula is C24H24ClN7O. The lowest BCUT2D eigenvalue weighted by Crippen LogP contribution is -2.15. The Morgan fingerprint density at radius 3 is 2.76 bits per heavy atom. The molecule has 0 bridgehead atoms. The molecule has 3 aromatic heterocycles. The first-order valence-corrected chi connectivity index (χ1v) is 11.0. The standard InChI is InChI=1S/C24H23N7O.ClH/c1-14(32)19-12-27-24(25)22-20(29-31(23(19)22)18-8-9-26-11-18)7-3-15-2-4-16-13-30(17-5-6-17)28-21(16)10-15;/h2,4,10,12-13,17-18,26H,5-6,8-9,11H2,1H3,(H2,25,27);1H/t18-;/m0./s1. The highest BCUT2D eigenvalue weighted by Gasteiger charge is 2.26. The van der Waals surface area contributed by atoms with Crippen molar-refractivity contribution in [3.63, 3.8) is 0 Å². The zero-order valence-corrected chi connectivity index (χ0v) is 19.0. The van der Waals surface area contributed by atoms with Crippen molar-refractivity contribution in [3.8, 4) is 11.8 Å². The van der Waals surface area contributed by atoms with Crippen LogP contribution in [0.2, 0.25) is 0 Å². The van der Waals surface area contributed by atoms with E-state index in [1.54, 1.807) is 6.20 Å². The lowest BCUT2D eigenvalue weighted by Gasteiger charge is -2.12. The predicted molar refractivity (Wildman–Crippen MR) is 130 cm³/mol. The molecule has 1 saturated heterocycles. The third-order valence-corrected chi connectivity index (χ3v) is 6.29. The summed E-state index contributed by atoms with van der Waals surface area (Å²) in [6.07, 6.45) is 6.98. The Kier molecular flexibility index (Phi) is 5.31. The Balaban J connectivity index is 0.00000228. The summed E-state index contributed by atoms with van der Waals surface area (Å²) >= 11 is 0. The minimum atomic E-state index is -0.0641. The number of aromatic nitrogens is 5. The SMILES string of the molecule is CC(=O)c1cnc(N)c2c(C#Cc3ccc4cn(C5CC5)nc4c3)nn([C@H]3CCNC3)c12.Cl. The fourth-order valence-corrected chi connectivity index (χ4v) is 4.42. The second-order valence-corrected chi connectivity index (χ2v) is 8.64. The number of nitrogen functional groups attached to an aromatic ring is 1. The Hall–Kier alpha value is -3.41. The number of carbonyl (C=O) groups excluding carboxylic acids is 1.